The third-order valence-electron chi connectivity index (χ3n) is 2.22. The molecule has 0 aliphatic carbocycles. The summed E-state index contributed by atoms with van der Waals surface area (Å²) in [5.41, 5.74) is 8.20. The lowest BCUT2D eigenvalue weighted by molar-refractivity contribution is 0.181. The number of nitrogens with zero attached hydrogens (tertiary/aromatic N) is 1. The molecule has 2 aromatic rings. The van der Waals surface area contributed by atoms with Crippen LogP contribution in [0.4, 0.5) is 0 Å². The van der Waals surface area contributed by atoms with Crippen LogP contribution in [0.15, 0.2) is 18.2 Å². The number of nitrogens with two attached hydrogens (primary N) is 1. The van der Waals surface area contributed by atoms with Gasteiger partial charge in [-0.05, 0) is 24.6 Å². The second-order valence-corrected chi connectivity index (χ2v) is 4.65. The Labute approximate surface area is 92.9 Å². The summed E-state index contributed by atoms with van der Waals surface area (Å²) in [7, 11) is 1.65. The van der Waals surface area contributed by atoms with Crippen LogP contribution >= 0.6 is 11.3 Å². The van der Waals surface area contributed by atoms with Crippen molar-refractivity contribution in [3.63, 3.8) is 0 Å². The summed E-state index contributed by atoms with van der Waals surface area (Å²) < 4.78 is 6.21. The van der Waals surface area contributed by atoms with E-state index in [9.17, 15) is 0 Å². The lowest BCUT2D eigenvalue weighted by Gasteiger charge is -2.04. The normalized spacial score (nSPS) is 13.3. The first-order valence-corrected chi connectivity index (χ1v) is 5.64. The summed E-state index contributed by atoms with van der Waals surface area (Å²) in [4.78, 5) is 4.49. The molecule has 1 heterocycles. The van der Waals surface area contributed by atoms with E-state index < -0.39 is 0 Å². The molecule has 2 rings (SSSR count). The predicted octanol–water partition coefficient (Wildman–Crippen LogP) is 2.25. The largest absolute Gasteiger partial charge is 0.383 e. The van der Waals surface area contributed by atoms with Crippen LogP contribution in [0.2, 0.25) is 0 Å². The quantitative estimate of drug-likeness (QED) is 0.866. The van der Waals surface area contributed by atoms with Crippen molar-refractivity contribution in [3.8, 4) is 0 Å². The van der Waals surface area contributed by atoms with Gasteiger partial charge in [0.25, 0.3) is 0 Å². The third kappa shape index (κ3) is 2.17. The maximum atomic E-state index is 5.93. The van der Waals surface area contributed by atoms with Crippen molar-refractivity contribution in [2.45, 2.75) is 13.0 Å². The fraction of sp³-hybridized carbons (Fsp3) is 0.364. The van der Waals surface area contributed by atoms with Crippen LogP contribution < -0.4 is 5.73 Å². The molecule has 1 unspecified atom stereocenters. The molecular weight excluding hydrogens is 208 g/mol. The molecule has 2 N–H and O–H groups in total. The van der Waals surface area contributed by atoms with Gasteiger partial charge in [0.1, 0.15) is 5.01 Å². The van der Waals surface area contributed by atoms with Crippen molar-refractivity contribution >= 4 is 21.6 Å². The van der Waals surface area contributed by atoms with Crippen LogP contribution in [-0.4, -0.2) is 18.7 Å². The Morgan fingerprint density at radius 2 is 2.33 bits per heavy atom. The van der Waals surface area contributed by atoms with Crippen molar-refractivity contribution in [2.24, 2.45) is 5.73 Å². The number of fused-ring (bicyclic) bond motifs is 1. The molecule has 1 aromatic carbocycles. The number of hydrogen-bond donors (Lipinski definition) is 1. The number of aryl methyl sites for hydroxylation is 1. The van der Waals surface area contributed by atoms with E-state index in [1.807, 2.05) is 6.07 Å². The molecule has 0 aliphatic heterocycles. The van der Waals surface area contributed by atoms with Gasteiger partial charge in [-0.2, -0.15) is 0 Å². The second kappa shape index (κ2) is 4.26. The molecule has 15 heavy (non-hydrogen) atoms. The number of benzene rings is 1. The molecule has 1 atom stereocenters. The number of methoxy groups -OCH3 is 1. The molecular formula is C11H14N2OS. The van der Waals surface area contributed by atoms with Gasteiger partial charge < -0.3 is 10.5 Å². The maximum Gasteiger partial charge on any atom is 0.113 e. The Bertz CT molecular complexity index is 467. The number of hydrogen-bond acceptors (Lipinski definition) is 4. The Hall–Kier alpha value is -0.970. The highest BCUT2D eigenvalue weighted by atomic mass is 32.1. The molecule has 0 aliphatic rings. The molecule has 4 heteroatoms. The molecule has 0 bridgehead atoms. The van der Waals surface area contributed by atoms with E-state index in [-0.39, 0.29) is 6.04 Å². The standard InChI is InChI=1S/C11H14N2OS/c1-7-3-4-9-10(5-7)15-11(13-9)8(12)6-14-2/h3-5,8H,6,12H2,1-2H3. The number of rotatable bonds is 3. The third-order valence-corrected chi connectivity index (χ3v) is 3.37. The monoisotopic (exact) mass is 222 g/mol. The van der Waals surface area contributed by atoms with Gasteiger partial charge in [-0.25, -0.2) is 4.98 Å². The molecule has 80 valence electrons. The van der Waals surface area contributed by atoms with Crippen LogP contribution in [-0.2, 0) is 4.74 Å². The Kier molecular flexibility index (Phi) is 3.00. The first-order valence-electron chi connectivity index (χ1n) is 4.82. The Morgan fingerprint density at radius 3 is 3.07 bits per heavy atom. The van der Waals surface area contributed by atoms with Crippen molar-refractivity contribution in [1.29, 1.82) is 0 Å². The van der Waals surface area contributed by atoms with Crippen LogP contribution in [0.5, 0.6) is 0 Å². The molecule has 0 saturated carbocycles. The summed E-state index contributed by atoms with van der Waals surface area (Å²) in [5.74, 6) is 0. The summed E-state index contributed by atoms with van der Waals surface area (Å²) in [5, 5.41) is 0.942. The van der Waals surface area contributed by atoms with Crippen LogP contribution in [0, 0.1) is 6.92 Å². The highest BCUT2D eigenvalue weighted by Gasteiger charge is 2.11. The van der Waals surface area contributed by atoms with E-state index in [1.54, 1.807) is 18.4 Å². The zero-order valence-electron chi connectivity index (χ0n) is 8.86. The zero-order chi connectivity index (χ0) is 10.8. The van der Waals surface area contributed by atoms with Crippen molar-refractivity contribution in [3.05, 3.63) is 28.8 Å². The minimum absolute atomic E-state index is 0.118. The first-order chi connectivity index (χ1) is 7.20. The average Bonchev–Trinajstić information content (AvgIpc) is 2.60. The summed E-state index contributed by atoms with van der Waals surface area (Å²) in [6, 6.07) is 6.11. The minimum atomic E-state index is -0.118. The number of ether oxygens (including phenoxy) is 1. The summed E-state index contributed by atoms with van der Waals surface area (Å²) >= 11 is 1.64. The van der Waals surface area contributed by atoms with Gasteiger partial charge >= 0.3 is 0 Å². The lowest BCUT2D eigenvalue weighted by Crippen LogP contribution is -2.15. The van der Waals surface area contributed by atoms with E-state index in [0.29, 0.717) is 6.61 Å². The van der Waals surface area contributed by atoms with E-state index in [2.05, 4.69) is 24.0 Å². The number of aromatic nitrogens is 1. The molecule has 0 saturated heterocycles. The highest BCUT2D eigenvalue weighted by molar-refractivity contribution is 7.18. The molecule has 0 amide bonds. The van der Waals surface area contributed by atoms with E-state index in [0.717, 1.165) is 10.5 Å². The van der Waals surface area contributed by atoms with Crippen LogP contribution in [0.1, 0.15) is 16.6 Å². The smallest absolute Gasteiger partial charge is 0.113 e. The van der Waals surface area contributed by atoms with E-state index >= 15 is 0 Å². The fourth-order valence-corrected chi connectivity index (χ4v) is 2.51. The van der Waals surface area contributed by atoms with Gasteiger partial charge in [0, 0.05) is 7.11 Å². The second-order valence-electron chi connectivity index (χ2n) is 3.59. The SMILES string of the molecule is COCC(N)c1nc2ccc(C)cc2s1. The molecule has 3 nitrogen and oxygen atoms in total. The van der Waals surface area contributed by atoms with Crippen molar-refractivity contribution in [2.75, 3.05) is 13.7 Å². The maximum absolute atomic E-state index is 5.93. The van der Waals surface area contributed by atoms with Crippen molar-refractivity contribution < 1.29 is 4.74 Å². The zero-order valence-corrected chi connectivity index (χ0v) is 9.67. The van der Waals surface area contributed by atoms with Crippen LogP contribution in [0.25, 0.3) is 10.2 Å². The predicted molar refractivity (Wildman–Crippen MR) is 63.2 cm³/mol. The number of thiazole rings is 1. The van der Waals surface area contributed by atoms with Gasteiger partial charge in [-0.3, -0.25) is 0 Å². The molecule has 0 radical (unpaired) electrons. The molecule has 0 spiro atoms. The Morgan fingerprint density at radius 1 is 1.53 bits per heavy atom. The fourth-order valence-electron chi connectivity index (χ4n) is 1.46. The average molecular weight is 222 g/mol. The highest BCUT2D eigenvalue weighted by Crippen LogP contribution is 2.26. The topological polar surface area (TPSA) is 48.1 Å². The lowest BCUT2D eigenvalue weighted by atomic mass is 10.2. The van der Waals surface area contributed by atoms with Gasteiger partial charge in [0.2, 0.25) is 0 Å². The summed E-state index contributed by atoms with van der Waals surface area (Å²) in [6.45, 7) is 2.59. The van der Waals surface area contributed by atoms with E-state index in [1.165, 1.54) is 10.3 Å². The summed E-state index contributed by atoms with van der Waals surface area (Å²) in [6.07, 6.45) is 0. The minimum Gasteiger partial charge on any atom is -0.383 e. The van der Waals surface area contributed by atoms with Crippen LogP contribution in [0.3, 0.4) is 0 Å². The van der Waals surface area contributed by atoms with Gasteiger partial charge in [-0.15, -0.1) is 11.3 Å². The first kappa shape index (κ1) is 10.5. The molecule has 0 fully saturated rings. The Balaban J connectivity index is 2.38. The van der Waals surface area contributed by atoms with Gasteiger partial charge in [0.05, 0.1) is 22.9 Å². The molecule has 1 aromatic heterocycles. The van der Waals surface area contributed by atoms with E-state index in [4.69, 9.17) is 10.5 Å². The van der Waals surface area contributed by atoms with Gasteiger partial charge in [-0.1, -0.05) is 6.07 Å². The van der Waals surface area contributed by atoms with Crippen molar-refractivity contribution in [1.82, 2.24) is 4.98 Å². The van der Waals surface area contributed by atoms with Gasteiger partial charge in [0.15, 0.2) is 0 Å².